The van der Waals surface area contributed by atoms with Gasteiger partial charge < -0.3 is 0 Å². The molecule has 0 fully saturated rings. The summed E-state index contributed by atoms with van der Waals surface area (Å²) in [5.41, 5.74) is 1.94. The molecule has 1 heterocycles. The first-order valence-corrected chi connectivity index (χ1v) is 5.26. The zero-order chi connectivity index (χ0) is 11.5. The third kappa shape index (κ3) is 3.53. The zero-order valence-electron chi connectivity index (χ0n) is 9.96. The number of aryl methyl sites for hydroxylation is 2. The Morgan fingerprint density at radius 2 is 1.94 bits per heavy atom. The van der Waals surface area contributed by atoms with Gasteiger partial charge in [0.05, 0.1) is 7.05 Å². The van der Waals surface area contributed by atoms with E-state index in [9.17, 15) is 4.79 Å². The minimum absolute atomic E-state index is 0. The number of benzene rings is 1. The fourth-order valence-electron chi connectivity index (χ4n) is 1.59. The Balaban J connectivity index is 0.00000144. The first-order chi connectivity index (χ1) is 7.65. The monoisotopic (exact) mass is 295 g/mol. The summed E-state index contributed by atoms with van der Waals surface area (Å²) in [5.74, 6) is 0.135. The van der Waals surface area contributed by atoms with E-state index in [1.165, 1.54) is 5.56 Å². The molecular weight excluding hydrogens is 280 g/mol. The number of hydrogen-bond acceptors (Lipinski definition) is 1. The molecule has 4 heteroatoms. The smallest absolute Gasteiger partial charge is 0.243 e. The normalized spacial score (nSPS) is 9.76. The molecule has 0 radical (unpaired) electrons. The van der Waals surface area contributed by atoms with E-state index >= 15 is 0 Å². The molecule has 0 aliphatic rings. The highest BCUT2D eigenvalue weighted by molar-refractivity contribution is 8.93. The molecule has 0 saturated carbocycles. The number of carbonyl (C=O) groups is 1. The number of rotatable bonds is 3. The summed E-state index contributed by atoms with van der Waals surface area (Å²) in [6, 6.07) is 7.67. The lowest BCUT2D eigenvalue weighted by molar-refractivity contribution is -0.671. The maximum Gasteiger partial charge on any atom is 0.243 e. The van der Waals surface area contributed by atoms with Crippen LogP contribution in [0.1, 0.15) is 15.9 Å². The molecule has 0 unspecified atom stereocenters. The van der Waals surface area contributed by atoms with Crippen molar-refractivity contribution in [3.05, 3.63) is 54.1 Å². The first-order valence-electron chi connectivity index (χ1n) is 5.26. The zero-order valence-corrected chi connectivity index (χ0v) is 11.7. The summed E-state index contributed by atoms with van der Waals surface area (Å²) in [6.07, 6.45) is 5.71. The molecule has 0 bridgehead atoms. The lowest BCUT2D eigenvalue weighted by Crippen LogP contribution is -2.24. The van der Waals surface area contributed by atoms with E-state index in [1.54, 1.807) is 0 Å². The van der Waals surface area contributed by atoms with Gasteiger partial charge in [-0.15, -0.1) is 17.0 Å². The van der Waals surface area contributed by atoms with Crippen LogP contribution < -0.4 is 4.57 Å². The van der Waals surface area contributed by atoms with E-state index in [-0.39, 0.29) is 22.8 Å². The fourth-order valence-corrected chi connectivity index (χ4v) is 1.59. The number of halogens is 1. The van der Waals surface area contributed by atoms with E-state index in [2.05, 4.69) is 0 Å². The van der Waals surface area contributed by atoms with E-state index in [1.807, 2.05) is 66.1 Å². The van der Waals surface area contributed by atoms with Gasteiger partial charge >= 0.3 is 0 Å². The molecule has 0 saturated heterocycles. The molecule has 0 amide bonds. The Morgan fingerprint density at radius 3 is 2.47 bits per heavy atom. The summed E-state index contributed by atoms with van der Waals surface area (Å²) < 4.78 is 3.80. The molecule has 0 atom stereocenters. The molecule has 17 heavy (non-hydrogen) atoms. The first kappa shape index (κ1) is 13.6. The predicted molar refractivity (Wildman–Crippen MR) is 71.4 cm³/mol. The maximum absolute atomic E-state index is 11.9. The van der Waals surface area contributed by atoms with E-state index in [4.69, 9.17) is 0 Å². The summed E-state index contributed by atoms with van der Waals surface area (Å²) in [7, 11) is 1.94. The second-order valence-corrected chi connectivity index (χ2v) is 4.04. The SMILES string of the molecule is Br.Cc1ccc(C(=O)Cn2cc[n+](C)c2)cc1. The van der Waals surface area contributed by atoms with Gasteiger partial charge in [0.1, 0.15) is 12.4 Å². The Hall–Kier alpha value is -1.42. The lowest BCUT2D eigenvalue weighted by Gasteiger charge is -1.99. The van der Waals surface area contributed by atoms with Gasteiger partial charge in [0.15, 0.2) is 6.54 Å². The Morgan fingerprint density at radius 1 is 1.29 bits per heavy atom. The molecule has 90 valence electrons. The van der Waals surface area contributed by atoms with Crippen molar-refractivity contribution >= 4 is 22.8 Å². The van der Waals surface area contributed by atoms with Gasteiger partial charge in [0.2, 0.25) is 12.1 Å². The minimum Gasteiger partial charge on any atom is -0.290 e. The van der Waals surface area contributed by atoms with Crippen molar-refractivity contribution in [2.24, 2.45) is 7.05 Å². The van der Waals surface area contributed by atoms with Gasteiger partial charge in [-0.2, -0.15) is 0 Å². The molecule has 0 spiro atoms. The molecule has 0 aliphatic heterocycles. The highest BCUT2D eigenvalue weighted by atomic mass is 79.9. The molecule has 1 aromatic carbocycles. The second kappa shape index (κ2) is 5.77. The van der Waals surface area contributed by atoms with E-state index < -0.39 is 0 Å². The van der Waals surface area contributed by atoms with Gasteiger partial charge in [0, 0.05) is 5.56 Å². The van der Waals surface area contributed by atoms with Crippen LogP contribution in [0.5, 0.6) is 0 Å². The average molecular weight is 296 g/mol. The predicted octanol–water partition coefficient (Wildman–Crippen LogP) is 2.08. The van der Waals surface area contributed by atoms with Gasteiger partial charge in [-0.3, -0.25) is 4.79 Å². The Labute approximate surface area is 111 Å². The maximum atomic E-state index is 11.9. The van der Waals surface area contributed by atoms with Crippen molar-refractivity contribution in [2.45, 2.75) is 13.5 Å². The average Bonchev–Trinajstić information content (AvgIpc) is 2.65. The standard InChI is InChI=1S/C13H15N2O.BrH/c1-11-3-5-12(6-4-11)13(16)9-15-8-7-14(2)10-15;/h3-8,10H,9H2,1-2H3;1H/q+1;. The second-order valence-electron chi connectivity index (χ2n) is 4.04. The molecular formula is C13H16BrN2O+. The Kier molecular flexibility index (Phi) is 4.63. The molecule has 0 N–H and O–H groups in total. The summed E-state index contributed by atoms with van der Waals surface area (Å²) in [6.45, 7) is 2.41. The molecule has 3 nitrogen and oxygen atoms in total. The van der Waals surface area contributed by atoms with Crippen molar-refractivity contribution in [3.63, 3.8) is 0 Å². The van der Waals surface area contributed by atoms with Crippen molar-refractivity contribution in [3.8, 4) is 0 Å². The number of aromatic nitrogens is 2. The highest BCUT2D eigenvalue weighted by Gasteiger charge is 2.09. The van der Waals surface area contributed by atoms with Crippen molar-refractivity contribution in [1.29, 1.82) is 0 Å². The quantitative estimate of drug-likeness (QED) is 0.629. The van der Waals surface area contributed by atoms with Crippen LogP contribution in [0.2, 0.25) is 0 Å². The molecule has 2 aromatic rings. The van der Waals surface area contributed by atoms with Gasteiger partial charge in [-0.25, -0.2) is 9.13 Å². The number of hydrogen-bond donors (Lipinski definition) is 0. The van der Waals surface area contributed by atoms with Gasteiger partial charge in [0.25, 0.3) is 0 Å². The fraction of sp³-hybridized carbons (Fsp3) is 0.231. The number of Topliss-reactive ketones (excluding diaryl/α,β-unsaturated/α-hetero) is 1. The summed E-state index contributed by atoms with van der Waals surface area (Å²) >= 11 is 0. The largest absolute Gasteiger partial charge is 0.290 e. The topological polar surface area (TPSA) is 25.9 Å². The van der Waals surface area contributed by atoms with Gasteiger partial charge in [-0.1, -0.05) is 29.8 Å². The van der Waals surface area contributed by atoms with E-state index in [0.29, 0.717) is 6.54 Å². The van der Waals surface area contributed by atoms with Crippen LogP contribution in [-0.2, 0) is 13.6 Å². The summed E-state index contributed by atoms with van der Waals surface area (Å²) in [5, 5.41) is 0. The van der Waals surface area contributed by atoms with Crippen LogP contribution in [-0.4, -0.2) is 10.4 Å². The molecule has 0 aliphatic carbocycles. The third-order valence-electron chi connectivity index (χ3n) is 2.52. The highest BCUT2D eigenvalue weighted by Crippen LogP contribution is 2.05. The number of carbonyl (C=O) groups excluding carboxylic acids is 1. The summed E-state index contributed by atoms with van der Waals surface area (Å²) in [4.78, 5) is 11.9. The minimum atomic E-state index is 0. The number of nitrogens with zero attached hydrogens (tertiary/aromatic N) is 2. The van der Waals surface area contributed by atoms with Crippen LogP contribution >= 0.6 is 17.0 Å². The number of ketones is 1. The van der Waals surface area contributed by atoms with Crippen LogP contribution in [0, 0.1) is 6.92 Å². The number of imidazole rings is 1. The Bertz CT molecular complexity index is 502. The van der Waals surface area contributed by atoms with E-state index in [0.717, 1.165) is 5.56 Å². The van der Waals surface area contributed by atoms with Crippen LogP contribution in [0.25, 0.3) is 0 Å². The van der Waals surface area contributed by atoms with Gasteiger partial charge in [-0.05, 0) is 6.92 Å². The third-order valence-corrected chi connectivity index (χ3v) is 2.52. The van der Waals surface area contributed by atoms with Crippen LogP contribution in [0.3, 0.4) is 0 Å². The van der Waals surface area contributed by atoms with Crippen LogP contribution in [0.15, 0.2) is 43.0 Å². The van der Waals surface area contributed by atoms with Crippen molar-refractivity contribution in [1.82, 2.24) is 4.57 Å². The lowest BCUT2D eigenvalue weighted by atomic mass is 10.1. The molecule has 2 rings (SSSR count). The van der Waals surface area contributed by atoms with Crippen LogP contribution in [0.4, 0.5) is 0 Å². The molecule has 1 aromatic heterocycles. The van der Waals surface area contributed by atoms with Crippen molar-refractivity contribution in [2.75, 3.05) is 0 Å². The van der Waals surface area contributed by atoms with Crippen molar-refractivity contribution < 1.29 is 9.36 Å².